The summed E-state index contributed by atoms with van der Waals surface area (Å²) >= 11 is 0. The molecule has 0 nitrogen and oxygen atoms in total. The molecular formula is C17H34. The molecule has 0 saturated heterocycles. The second kappa shape index (κ2) is 24.3. The van der Waals surface area contributed by atoms with E-state index in [1.54, 1.807) is 0 Å². The number of hydrogen-bond acceptors (Lipinski definition) is 0. The Bertz CT molecular complexity index is 214. The minimum atomic E-state index is 1.08. The van der Waals surface area contributed by atoms with Crippen LogP contribution in [0.4, 0.5) is 0 Å². The zero-order valence-electron chi connectivity index (χ0n) is 13.6. The zero-order valence-corrected chi connectivity index (χ0v) is 13.6. The van der Waals surface area contributed by atoms with E-state index in [1.165, 1.54) is 11.1 Å². The highest BCUT2D eigenvalue weighted by Crippen LogP contribution is 2.14. The van der Waals surface area contributed by atoms with Gasteiger partial charge in [0.15, 0.2) is 0 Å². The molecule has 0 aromatic carbocycles. The Morgan fingerprint density at radius 1 is 0.882 bits per heavy atom. The predicted octanol–water partition coefficient (Wildman–Crippen LogP) is 6.72. The van der Waals surface area contributed by atoms with E-state index < -0.39 is 0 Å². The van der Waals surface area contributed by atoms with Gasteiger partial charge in [0.1, 0.15) is 0 Å². The van der Waals surface area contributed by atoms with Crippen LogP contribution in [0.1, 0.15) is 62.3 Å². The summed E-state index contributed by atoms with van der Waals surface area (Å²) in [5.74, 6) is 0. The summed E-state index contributed by atoms with van der Waals surface area (Å²) in [6.45, 7) is 25.6. The van der Waals surface area contributed by atoms with Gasteiger partial charge in [-0.3, -0.25) is 0 Å². The minimum Gasteiger partial charge on any atom is -0.0988 e. The topological polar surface area (TPSA) is 0 Å². The Balaban J connectivity index is -0.000000121. The van der Waals surface area contributed by atoms with Crippen molar-refractivity contribution in [3.63, 3.8) is 0 Å². The van der Waals surface area contributed by atoms with Crippen LogP contribution < -0.4 is 0 Å². The Kier molecular flexibility index (Phi) is 35.7. The third-order valence-corrected chi connectivity index (χ3v) is 1.52. The molecule has 17 heavy (non-hydrogen) atoms. The van der Waals surface area contributed by atoms with E-state index >= 15 is 0 Å². The fourth-order valence-electron chi connectivity index (χ4n) is 0.887. The van der Waals surface area contributed by atoms with Crippen LogP contribution >= 0.6 is 0 Å². The summed E-state index contributed by atoms with van der Waals surface area (Å²) in [5, 5.41) is 0. The third-order valence-electron chi connectivity index (χ3n) is 1.52. The summed E-state index contributed by atoms with van der Waals surface area (Å²) in [5.41, 5.74) is 3.44. The Morgan fingerprint density at radius 3 is 1.41 bits per heavy atom. The predicted molar refractivity (Wildman–Crippen MR) is 86.6 cm³/mol. The van der Waals surface area contributed by atoms with Crippen LogP contribution in [-0.2, 0) is 0 Å². The lowest BCUT2D eigenvalue weighted by Crippen LogP contribution is -1.83. The molecule has 0 unspecified atom stereocenters. The van der Waals surface area contributed by atoms with Crippen LogP contribution in [0.5, 0.6) is 0 Å². The highest BCUT2D eigenvalue weighted by Gasteiger charge is 1.94. The van der Waals surface area contributed by atoms with Crippen molar-refractivity contribution in [2.24, 2.45) is 0 Å². The first kappa shape index (κ1) is 25.0. The van der Waals surface area contributed by atoms with E-state index in [0.717, 1.165) is 5.57 Å². The van der Waals surface area contributed by atoms with Crippen molar-refractivity contribution >= 4 is 0 Å². The molecule has 0 aliphatic rings. The van der Waals surface area contributed by atoms with Crippen molar-refractivity contribution in [2.45, 2.75) is 62.3 Å². The number of rotatable bonds is 3. The average molecular weight is 238 g/mol. The molecule has 0 heterocycles. The molecule has 0 heteroatoms. The van der Waals surface area contributed by atoms with Gasteiger partial charge in [-0.2, -0.15) is 0 Å². The molecule has 0 fully saturated rings. The Labute approximate surface area is 111 Å². The van der Waals surface area contributed by atoms with E-state index in [1.807, 2.05) is 74.5 Å². The normalized spacial score (nSPS) is 9.47. The number of hydrogen-bond donors (Lipinski definition) is 0. The highest BCUT2D eigenvalue weighted by atomic mass is 14.0. The van der Waals surface area contributed by atoms with Crippen LogP contribution in [0.3, 0.4) is 0 Å². The van der Waals surface area contributed by atoms with Crippen LogP contribution in [0.15, 0.2) is 48.1 Å². The van der Waals surface area contributed by atoms with Crippen molar-refractivity contribution in [3.8, 4) is 0 Å². The second-order valence-corrected chi connectivity index (χ2v) is 2.58. The van der Waals surface area contributed by atoms with E-state index in [2.05, 4.69) is 19.2 Å². The molecular weight excluding hydrogens is 204 g/mol. The van der Waals surface area contributed by atoms with Gasteiger partial charge in [0.2, 0.25) is 0 Å². The van der Waals surface area contributed by atoms with Gasteiger partial charge in [-0.25, -0.2) is 0 Å². The Morgan fingerprint density at radius 2 is 1.24 bits per heavy atom. The van der Waals surface area contributed by atoms with Gasteiger partial charge in [-0.15, -0.1) is 0 Å². The van der Waals surface area contributed by atoms with Gasteiger partial charge in [-0.05, 0) is 31.9 Å². The maximum absolute atomic E-state index is 3.89. The minimum absolute atomic E-state index is 1.08. The quantitative estimate of drug-likeness (QED) is 0.479. The van der Waals surface area contributed by atoms with Crippen molar-refractivity contribution < 1.29 is 0 Å². The molecule has 0 aliphatic heterocycles. The molecule has 0 amide bonds. The monoisotopic (exact) mass is 238 g/mol. The molecule has 0 N–H and O–H groups in total. The standard InChI is InChI=1S/C11H16.3C2H6/c1-6-8-11(9(3)4)10(5)7-2;3*1-2/h6-8H,2-3H2,1,4-5H3;3*1-2H3/b8-6+,11-10+;;;. The SMILES string of the molecule is C=C/C(C)=C(\C=C\C)C(=C)C.CC.CC.CC. The maximum Gasteiger partial charge on any atom is -0.0207 e. The first-order valence-electron chi connectivity index (χ1n) is 6.75. The van der Waals surface area contributed by atoms with E-state index in [4.69, 9.17) is 0 Å². The van der Waals surface area contributed by atoms with Crippen molar-refractivity contribution in [2.75, 3.05) is 0 Å². The fraction of sp³-hybridized carbons (Fsp3) is 0.529. The lowest BCUT2D eigenvalue weighted by molar-refractivity contribution is 1.35. The molecule has 0 atom stereocenters. The lowest BCUT2D eigenvalue weighted by atomic mass is 10.0. The van der Waals surface area contributed by atoms with Crippen LogP contribution in [0.25, 0.3) is 0 Å². The van der Waals surface area contributed by atoms with Crippen molar-refractivity contribution in [3.05, 3.63) is 48.1 Å². The molecule has 0 bridgehead atoms. The summed E-state index contributed by atoms with van der Waals surface area (Å²) in [6.07, 6.45) is 5.92. The fourth-order valence-corrected chi connectivity index (χ4v) is 0.887. The summed E-state index contributed by atoms with van der Waals surface area (Å²) in [7, 11) is 0. The van der Waals surface area contributed by atoms with E-state index in [-0.39, 0.29) is 0 Å². The molecule has 0 rings (SSSR count). The zero-order chi connectivity index (χ0) is 14.9. The molecule has 0 spiro atoms. The summed E-state index contributed by atoms with van der Waals surface area (Å²) in [4.78, 5) is 0. The third kappa shape index (κ3) is 17.6. The molecule has 102 valence electrons. The first-order valence-corrected chi connectivity index (χ1v) is 6.75. The molecule has 0 aromatic rings. The second-order valence-electron chi connectivity index (χ2n) is 2.58. The molecule has 0 aliphatic carbocycles. The smallest absolute Gasteiger partial charge is 0.0207 e. The van der Waals surface area contributed by atoms with Gasteiger partial charge < -0.3 is 0 Å². The molecule has 0 saturated carbocycles. The van der Waals surface area contributed by atoms with Crippen molar-refractivity contribution in [1.29, 1.82) is 0 Å². The largest absolute Gasteiger partial charge is 0.0988 e. The number of allylic oxidation sites excluding steroid dienone is 6. The van der Waals surface area contributed by atoms with Gasteiger partial charge in [0, 0.05) is 0 Å². The van der Waals surface area contributed by atoms with Crippen LogP contribution in [-0.4, -0.2) is 0 Å². The summed E-state index contributed by atoms with van der Waals surface area (Å²) in [6, 6.07) is 0. The van der Waals surface area contributed by atoms with Crippen LogP contribution in [0.2, 0.25) is 0 Å². The van der Waals surface area contributed by atoms with Gasteiger partial charge >= 0.3 is 0 Å². The summed E-state index contributed by atoms with van der Waals surface area (Å²) < 4.78 is 0. The maximum atomic E-state index is 3.89. The van der Waals surface area contributed by atoms with Gasteiger partial charge in [0.25, 0.3) is 0 Å². The van der Waals surface area contributed by atoms with Crippen LogP contribution in [0, 0.1) is 0 Å². The lowest BCUT2D eigenvalue weighted by Gasteiger charge is -2.02. The Hall–Kier alpha value is -1.04. The van der Waals surface area contributed by atoms with Gasteiger partial charge in [0.05, 0.1) is 0 Å². The average Bonchev–Trinajstić information content (AvgIpc) is 2.41. The first-order chi connectivity index (χ1) is 8.13. The van der Waals surface area contributed by atoms with Gasteiger partial charge in [-0.1, -0.05) is 78.5 Å². The highest BCUT2D eigenvalue weighted by molar-refractivity contribution is 5.43. The molecule has 0 aromatic heterocycles. The van der Waals surface area contributed by atoms with E-state index in [0.29, 0.717) is 0 Å². The van der Waals surface area contributed by atoms with Crippen molar-refractivity contribution in [1.82, 2.24) is 0 Å². The molecule has 0 radical (unpaired) electrons. The van der Waals surface area contributed by atoms with E-state index in [9.17, 15) is 0 Å².